The van der Waals surface area contributed by atoms with Crippen molar-refractivity contribution in [1.82, 2.24) is 25.5 Å². The van der Waals surface area contributed by atoms with Gasteiger partial charge in [-0.2, -0.15) is 0 Å². The second-order valence-electron chi connectivity index (χ2n) is 11.9. The summed E-state index contributed by atoms with van der Waals surface area (Å²) in [6, 6.07) is 9.05. The molecule has 0 spiro atoms. The fourth-order valence-electron chi connectivity index (χ4n) is 5.09. The highest BCUT2D eigenvalue weighted by molar-refractivity contribution is 6.48. The second kappa shape index (κ2) is 13.6. The molecular weight excluding hydrogens is 521 g/mol. The Kier molecular flexibility index (Phi) is 10.1. The fraction of sp³-hybridized carbons (Fsp3) is 0.567. The van der Waals surface area contributed by atoms with Crippen LogP contribution in [0.15, 0.2) is 48.9 Å². The highest BCUT2D eigenvalue weighted by Gasteiger charge is 2.54. The molecule has 2 aliphatic rings. The Morgan fingerprint density at radius 3 is 2.29 bits per heavy atom. The van der Waals surface area contributed by atoms with Gasteiger partial charge in [-0.25, -0.2) is 4.98 Å². The van der Waals surface area contributed by atoms with Crippen LogP contribution in [0.3, 0.4) is 0 Å². The van der Waals surface area contributed by atoms with Crippen molar-refractivity contribution in [1.29, 1.82) is 0 Å². The summed E-state index contributed by atoms with van der Waals surface area (Å²) < 4.78 is 12.6. The minimum Gasteiger partial charge on any atom is -0.402 e. The first-order chi connectivity index (χ1) is 19.6. The van der Waals surface area contributed by atoms with E-state index in [0.29, 0.717) is 19.5 Å². The molecule has 3 amide bonds. The number of benzene rings is 1. The zero-order valence-corrected chi connectivity index (χ0v) is 24.6. The molecule has 4 rings (SSSR count). The summed E-state index contributed by atoms with van der Waals surface area (Å²) in [5, 5.41) is 5.81. The van der Waals surface area contributed by atoms with Crippen LogP contribution < -0.4 is 10.6 Å². The summed E-state index contributed by atoms with van der Waals surface area (Å²) in [5.74, 6) is -1.69. The zero-order valence-electron chi connectivity index (χ0n) is 24.6. The largest absolute Gasteiger partial charge is 0.481 e. The van der Waals surface area contributed by atoms with E-state index >= 15 is 0 Å². The molecule has 41 heavy (non-hydrogen) atoms. The lowest BCUT2D eigenvalue weighted by atomic mass is 9.75. The first kappa shape index (κ1) is 30.6. The van der Waals surface area contributed by atoms with Gasteiger partial charge in [0.2, 0.25) is 11.8 Å². The Balaban J connectivity index is 1.51. The second-order valence-corrected chi connectivity index (χ2v) is 11.9. The summed E-state index contributed by atoms with van der Waals surface area (Å²) in [7, 11) is -0.686. The number of nitrogens with zero attached hydrogens (tertiary/aromatic N) is 3. The number of likely N-dealkylation sites (tertiary alicyclic amines) is 1. The molecule has 1 aromatic carbocycles. The molecule has 0 saturated carbocycles. The minimum atomic E-state index is -1.10. The van der Waals surface area contributed by atoms with E-state index < -0.39 is 42.1 Å². The number of carbonyl (C=O) groups excluding carboxylic acids is 3. The molecule has 3 heterocycles. The van der Waals surface area contributed by atoms with Crippen LogP contribution in [0.5, 0.6) is 0 Å². The van der Waals surface area contributed by atoms with Crippen molar-refractivity contribution in [3.8, 4) is 0 Å². The third kappa shape index (κ3) is 8.13. The van der Waals surface area contributed by atoms with E-state index in [9.17, 15) is 14.4 Å². The van der Waals surface area contributed by atoms with Gasteiger partial charge in [-0.3, -0.25) is 19.4 Å². The number of aromatic nitrogens is 2. The Bertz CT molecular complexity index is 1160. The summed E-state index contributed by atoms with van der Waals surface area (Å²) in [5.41, 5.74) is 0.113. The van der Waals surface area contributed by atoms with Crippen LogP contribution in [0, 0.1) is 0 Å². The highest BCUT2D eigenvalue weighted by Crippen LogP contribution is 2.38. The number of aryl methyl sites for hydroxylation is 1. The van der Waals surface area contributed by atoms with E-state index in [1.54, 1.807) is 4.90 Å². The molecule has 2 aliphatic heterocycles. The van der Waals surface area contributed by atoms with E-state index in [-0.39, 0.29) is 18.0 Å². The van der Waals surface area contributed by atoms with Crippen LogP contribution in [0.25, 0.3) is 0 Å². The van der Waals surface area contributed by atoms with Crippen molar-refractivity contribution in [2.24, 2.45) is 0 Å². The molecule has 0 bridgehead atoms. The van der Waals surface area contributed by atoms with Gasteiger partial charge in [-0.05, 0) is 71.8 Å². The lowest BCUT2D eigenvalue weighted by Gasteiger charge is -2.32. The molecule has 2 fully saturated rings. The highest BCUT2D eigenvalue weighted by atomic mass is 16.7. The number of hydrogen-bond acceptors (Lipinski definition) is 7. The van der Waals surface area contributed by atoms with Gasteiger partial charge in [-0.1, -0.05) is 30.3 Å². The molecule has 220 valence electrons. The van der Waals surface area contributed by atoms with E-state index in [0.717, 1.165) is 32.1 Å². The van der Waals surface area contributed by atoms with Crippen molar-refractivity contribution < 1.29 is 23.7 Å². The summed E-state index contributed by atoms with van der Waals surface area (Å²) in [6.07, 6.45) is 9.18. The predicted octanol–water partition coefficient (Wildman–Crippen LogP) is 3.12. The van der Waals surface area contributed by atoms with Crippen molar-refractivity contribution in [2.45, 2.75) is 95.8 Å². The van der Waals surface area contributed by atoms with Gasteiger partial charge in [-0.15, -0.1) is 0 Å². The molecule has 2 saturated heterocycles. The minimum absolute atomic E-state index is 0.0705. The average molecular weight is 564 g/mol. The van der Waals surface area contributed by atoms with Crippen LogP contribution in [-0.4, -0.2) is 76.0 Å². The maximum Gasteiger partial charge on any atom is 0.481 e. The van der Waals surface area contributed by atoms with E-state index in [4.69, 9.17) is 9.31 Å². The van der Waals surface area contributed by atoms with Crippen LogP contribution >= 0.6 is 0 Å². The molecule has 2 N–H and O–H groups in total. The van der Waals surface area contributed by atoms with Crippen LogP contribution in [0.2, 0.25) is 0 Å². The number of rotatable bonds is 11. The third-order valence-electron chi connectivity index (χ3n) is 8.26. The van der Waals surface area contributed by atoms with Crippen LogP contribution in [0.4, 0.5) is 0 Å². The van der Waals surface area contributed by atoms with E-state index in [1.165, 1.54) is 24.2 Å². The Morgan fingerprint density at radius 2 is 1.66 bits per heavy atom. The number of carbonyl (C=O) groups is 3. The van der Waals surface area contributed by atoms with Gasteiger partial charge >= 0.3 is 7.12 Å². The lowest BCUT2D eigenvalue weighted by Crippen LogP contribution is -2.56. The molecule has 11 heteroatoms. The molecule has 1 aromatic heterocycles. The predicted molar refractivity (Wildman–Crippen MR) is 156 cm³/mol. The number of nitrogens with one attached hydrogen (secondary N) is 2. The monoisotopic (exact) mass is 563 g/mol. The molecule has 2 unspecified atom stereocenters. The van der Waals surface area contributed by atoms with Crippen LogP contribution in [-0.2, 0) is 25.3 Å². The Morgan fingerprint density at radius 1 is 0.976 bits per heavy atom. The quantitative estimate of drug-likeness (QED) is 0.403. The third-order valence-corrected chi connectivity index (χ3v) is 8.26. The van der Waals surface area contributed by atoms with Gasteiger partial charge in [0.25, 0.3) is 5.91 Å². The Labute approximate surface area is 243 Å². The first-order valence-corrected chi connectivity index (χ1v) is 14.6. The Hall–Kier alpha value is -3.31. The van der Waals surface area contributed by atoms with E-state index in [2.05, 4.69) is 32.7 Å². The molecule has 0 aliphatic carbocycles. The topological polar surface area (TPSA) is 123 Å². The maximum atomic E-state index is 13.8. The molecular formula is C30H42BN5O5. The number of hydrogen-bond donors (Lipinski definition) is 2. The fourth-order valence-corrected chi connectivity index (χ4v) is 5.09. The summed E-state index contributed by atoms with van der Waals surface area (Å²) in [6.45, 7) is 9.19. The number of amides is 3. The van der Waals surface area contributed by atoms with Gasteiger partial charge < -0.3 is 24.8 Å². The summed E-state index contributed by atoms with van der Waals surface area (Å²) in [4.78, 5) is 49.7. The first-order valence-electron chi connectivity index (χ1n) is 14.6. The lowest BCUT2D eigenvalue weighted by molar-refractivity contribution is -0.135. The smallest absolute Gasteiger partial charge is 0.402 e. The molecule has 2 aromatic rings. The van der Waals surface area contributed by atoms with E-state index in [1.807, 2.05) is 45.9 Å². The number of piperidine rings is 1. The molecule has 10 nitrogen and oxygen atoms in total. The maximum absolute atomic E-state index is 13.8. The van der Waals surface area contributed by atoms with Crippen molar-refractivity contribution in [2.75, 3.05) is 13.1 Å². The molecule has 0 radical (unpaired) electrons. The SMILES string of the molecule is CC1(C)OB(C(CCCc2ccccc2)NC(=O)C(CC(=O)N2CCCCC2)NC(=O)c2cnccn2)OC1(C)C. The standard InChI is InChI=1S/C30H42BN5O5/c1-29(2)30(3,4)41-31(40-29)25(15-11-14-22-12-7-5-8-13-22)35-27(38)23(20-26(37)36-18-9-6-10-19-36)34-28(39)24-21-32-16-17-33-24/h5,7-8,12-13,16-17,21,23,25H,6,9-11,14-15,18-20H2,1-4H3,(H,34,39)(H,35,38). The van der Waals surface area contributed by atoms with Gasteiger partial charge in [0.15, 0.2) is 0 Å². The zero-order chi connectivity index (χ0) is 29.5. The summed E-state index contributed by atoms with van der Waals surface area (Å²) >= 11 is 0. The van der Waals surface area contributed by atoms with Crippen molar-refractivity contribution in [3.63, 3.8) is 0 Å². The van der Waals surface area contributed by atoms with Crippen LogP contribution in [0.1, 0.15) is 82.3 Å². The average Bonchev–Trinajstić information content (AvgIpc) is 3.19. The molecule has 2 atom stereocenters. The van der Waals surface area contributed by atoms with Crippen molar-refractivity contribution >= 4 is 24.8 Å². The normalized spacial score (nSPS) is 19.3. The van der Waals surface area contributed by atoms with Gasteiger partial charge in [0.1, 0.15) is 11.7 Å². The van der Waals surface area contributed by atoms with Gasteiger partial charge in [0.05, 0.1) is 29.8 Å². The van der Waals surface area contributed by atoms with Gasteiger partial charge in [0, 0.05) is 25.5 Å². The van der Waals surface area contributed by atoms with Crippen molar-refractivity contribution in [3.05, 3.63) is 60.2 Å².